The van der Waals surface area contributed by atoms with Crippen LogP contribution in [0.5, 0.6) is 0 Å². The molecule has 0 bridgehead atoms. The molecule has 2 rings (SSSR count). The average Bonchev–Trinajstić information content (AvgIpc) is 2.74. The number of thiocarbonyl (C=S) groups is 1. The number of carbonyl (C=O) groups excluding carboxylic acids is 1. The quantitative estimate of drug-likeness (QED) is 0.500. The number of hydrogen-bond donors (Lipinski definition) is 2. The first-order valence-corrected chi connectivity index (χ1v) is 8.98. The molecule has 1 amide bonds. The Kier molecular flexibility index (Phi) is 5.65. The Hall–Kier alpha value is -1.07. The molecule has 1 aromatic carbocycles. The summed E-state index contributed by atoms with van der Waals surface area (Å²) in [6.45, 7) is 0. The lowest BCUT2D eigenvalue weighted by molar-refractivity contribution is -0.122. The molecule has 0 saturated heterocycles. The van der Waals surface area contributed by atoms with Crippen LogP contribution in [0.25, 0.3) is 0 Å². The van der Waals surface area contributed by atoms with E-state index in [0.717, 1.165) is 49.1 Å². The molecule has 0 unspecified atom stereocenters. The lowest BCUT2D eigenvalue weighted by Crippen LogP contribution is -2.45. The van der Waals surface area contributed by atoms with Crippen LogP contribution in [0.1, 0.15) is 38.5 Å². The van der Waals surface area contributed by atoms with Gasteiger partial charge in [-0.05, 0) is 31.2 Å². The number of thioether (sulfide) groups is 1. The third kappa shape index (κ3) is 3.58. The summed E-state index contributed by atoms with van der Waals surface area (Å²) in [7, 11) is 0. The molecule has 114 valence electrons. The van der Waals surface area contributed by atoms with Crippen LogP contribution < -0.4 is 11.1 Å². The first-order valence-electron chi connectivity index (χ1n) is 7.34. The lowest BCUT2D eigenvalue weighted by Gasteiger charge is -2.30. The van der Waals surface area contributed by atoms with Crippen molar-refractivity contribution >= 4 is 40.6 Å². The van der Waals surface area contributed by atoms with E-state index in [1.54, 1.807) is 11.8 Å². The van der Waals surface area contributed by atoms with Crippen LogP contribution in [0.15, 0.2) is 29.2 Å². The number of anilines is 1. The van der Waals surface area contributed by atoms with E-state index in [2.05, 4.69) is 5.32 Å². The molecule has 0 radical (unpaired) electrons. The van der Waals surface area contributed by atoms with Crippen LogP contribution in [0, 0.1) is 5.41 Å². The Labute approximate surface area is 136 Å². The van der Waals surface area contributed by atoms with Crippen LogP contribution in [0.3, 0.4) is 0 Å². The van der Waals surface area contributed by atoms with Gasteiger partial charge in [-0.15, -0.1) is 11.8 Å². The van der Waals surface area contributed by atoms with Crippen LogP contribution in [0.4, 0.5) is 5.69 Å². The summed E-state index contributed by atoms with van der Waals surface area (Å²) in [6, 6.07) is 7.82. The fraction of sp³-hybridized carbons (Fsp3) is 0.500. The smallest absolute Gasteiger partial charge is 0.237 e. The van der Waals surface area contributed by atoms with E-state index in [4.69, 9.17) is 18.0 Å². The Balaban J connectivity index is 2.25. The van der Waals surface area contributed by atoms with Gasteiger partial charge in [0.15, 0.2) is 0 Å². The van der Waals surface area contributed by atoms with Crippen molar-refractivity contribution in [3.05, 3.63) is 24.3 Å². The molecule has 1 fully saturated rings. The van der Waals surface area contributed by atoms with E-state index in [-0.39, 0.29) is 5.91 Å². The summed E-state index contributed by atoms with van der Waals surface area (Å²) in [5, 5.41) is 3.05. The van der Waals surface area contributed by atoms with Crippen molar-refractivity contribution in [3.8, 4) is 0 Å². The molecule has 0 aromatic heterocycles. The van der Waals surface area contributed by atoms with Crippen LogP contribution >= 0.6 is 24.0 Å². The maximum Gasteiger partial charge on any atom is 0.237 e. The maximum absolute atomic E-state index is 12.9. The van der Waals surface area contributed by atoms with Gasteiger partial charge in [0.05, 0.1) is 16.1 Å². The number of rotatable bonds is 4. The molecule has 21 heavy (non-hydrogen) atoms. The number of para-hydroxylation sites is 1. The fourth-order valence-corrected chi connectivity index (χ4v) is 3.76. The van der Waals surface area contributed by atoms with Gasteiger partial charge in [-0.1, -0.05) is 50.0 Å². The molecular formula is C16H22N2OS2. The van der Waals surface area contributed by atoms with Crippen LogP contribution in [-0.4, -0.2) is 17.2 Å². The van der Waals surface area contributed by atoms with E-state index in [9.17, 15) is 4.79 Å². The second-order valence-corrected chi connectivity index (χ2v) is 6.80. The van der Waals surface area contributed by atoms with Gasteiger partial charge in [0.1, 0.15) is 0 Å². The molecule has 3 N–H and O–H groups in total. The topological polar surface area (TPSA) is 55.1 Å². The number of carbonyl (C=O) groups is 1. The highest BCUT2D eigenvalue weighted by atomic mass is 32.2. The zero-order valence-corrected chi connectivity index (χ0v) is 14.0. The third-order valence-corrected chi connectivity index (χ3v) is 5.41. The maximum atomic E-state index is 12.9. The molecule has 1 saturated carbocycles. The Morgan fingerprint density at radius 2 is 1.86 bits per heavy atom. The summed E-state index contributed by atoms with van der Waals surface area (Å²) in [6.07, 6.45) is 7.84. The highest BCUT2D eigenvalue weighted by Gasteiger charge is 2.41. The normalized spacial score (nSPS) is 17.8. The minimum absolute atomic E-state index is 0.0431. The molecule has 0 spiro atoms. The zero-order chi connectivity index (χ0) is 15.3. The lowest BCUT2D eigenvalue weighted by atomic mass is 9.79. The largest absolute Gasteiger partial charge is 0.392 e. The molecule has 1 aliphatic rings. The Morgan fingerprint density at radius 3 is 2.43 bits per heavy atom. The minimum Gasteiger partial charge on any atom is -0.392 e. The van der Waals surface area contributed by atoms with Gasteiger partial charge in [-0.25, -0.2) is 0 Å². The highest BCUT2D eigenvalue weighted by molar-refractivity contribution is 7.98. The van der Waals surface area contributed by atoms with Crippen molar-refractivity contribution in [3.63, 3.8) is 0 Å². The van der Waals surface area contributed by atoms with Crippen molar-refractivity contribution in [1.82, 2.24) is 0 Å². The van der Waals surface area contributed by atoms with Crippen molar-refractivity contribution in [2.45, 2.75) is 43.4 Å². The summed E-state index contributed by atoms with van der Waals surface area (Å²) in [5.74, 6) is -0.0431. The van der Waals surface area contributed by atoms with Gasteiger partial charge < -0.3 is 11.1 Å². The molecule has 3 nitrogen and oxygen atoms in total. The number of hydrogen-bond acceptors (Lipinski definition) is 3. The van der Waals surface area contributed by atoms with E-state index < -0.39 is 5.41 Å². The molecule has 0 aliphatic heterocycles. The Morgan fingerprint density at radius 1 is 1.24 bits per heavy atom. The first kappa shape index (κ1) is 16.3. The van der Waals surface area contributed by atoms with E-state index in [1.165, 1.54) is 0 Å². The van der Waals surface area contributed by atoms with Gasteiger partial charge >= 0.3 is 0 Å². The third-order valence-electron chi connectivity index (χ3n) is 4.22. The van der Waals surface area contributed by atoms with Gasteiger partial charge in [0, 0.05) is 4.90 Å². The first-order chi connectivity index (χ1) is 10.1. The summed E-state index contributed by atoms with van der Waals surface area (Å²) in [4.78, 5) is 14.3. The minimum atomic E-state index is -0.683. The number of nitrogens with one attached hydrogen (secondary N) is 1. The molecule has 5 heteroatoms. The summed E-state index contributed by atoms with van der Waals surface area (Å²) < 4.78 is 0. The molecule has 1 aromatic rings. The highest BCUT2D eigenvalue weighted by Crippen LogP contribution is 2.37. The standard InChI is InChI=1S/C16H22N2OS2/c1-21-13-9-5-4-8-12(13)18-15(19)16(14(17)20)10-6-2-3-7-11-16/h4-5,8-9H,2-3,6-7,10-11H2,1H3,(H2,17,20)(H,18,19). The van der Waals surface area contributed by atoms with E-state index >= 15 is 0 Å². The van der Waals surface area contributed by atoms with Gasteiger partial charge in [0.2, 0.25) is 5.91 Å². The van der Waals surface area contributed by atoms with E-state index in [0.29, 0.717) is 4.99 Å². The monoisotopic (exact) mass is 322 g/mol. The fourth-order valence-electron chi connectivity index (χ4n) is 2.91. The molecule has 0 atom stereocenters. The van der Waals surface area contributed by atoms with Crippen LogP contribution in [0.2, 0.25) is 0 Å². The SMILES string of the molecule is CSc1ccccc1NC(=O)C1(C(N)=S)CCCCCC1. The van der Waals surface area contributed by atoms with Gasteiger partial charge in [-0.2, -0.15) is 0 Å². The van der Waals surface area contributed by atoms with Gasteiger partial charge in [-0.3, -0.25) is 4.79 Å². The van der Waals surface area contributed by atoms with Crippen molar-refractivity contribution in [2.75, 3.05) is 11.6 Å². The molecule has 0 heterocycles. The van der Waals surface area contributed by atoms with Gasteiger partial charge in [0.25, 0.3) is 0 Å². The number of nitrogens with two attached hydrogens (primary N) is 1. The summed E-state index contributed by atoms with van der Waals surface area (Å²) in [5.41, 5.74) is 6.12. The van der Waals surface area contributed by atoms with Crippen molar-refractivity contribution in [2.24, 2.45) is 11.1 Å². The Bertz CT molecular complexity index is 523. The number of benzene rings is 1. The second kappa shape index (κ2) is 7.27. The number of amides is 1. The predicted octanol–water partition coefficient (Wildman–Crippen LogP) is 3.97. The molecular weight excluding hydrogens is 300 g/mol. The van der Waals surface area contributed by atoms with Crippen LogP contribution in [-0.2, 0) is 4.79 Å². The van der Waals surface area contributed by atoms with E-state index in [1.807, 2.05) is 30.5 Å². The predicted molar refractivity (Wildman–Crippen MR) is 93.8 cm³/mol. The molecule has 1 aliphatic carbocycles. The second-order valence-electron chi connectivity index (χ2n) is 5.51. The zero-order valence-electron chi connectivity index (χ0n) is 12.4. The average molecular weight is 322 g/mol. The van der Waals surface area contributed by atoms with Crippen molar-refractivity contribution in [1.29, 1.82) is 0 Å². The van der Waals surface area contributed by atoms with Crippen molar-refractivity contribution < 1.29 is 4.79 Å². The summed E-state index contributed by atoms with van der Waals surface area (Å²) >= 11 is 6.87.